The molecule has 22 heavy (non-hydrogen) atoms. The van der Waals surface area contributed by atoms with Crippen LogP contribution in [0.5, 0.6) is 0 Å². The molecule has 0 saturated carbocycles. The van der Waals surface area contributed by atoms with E-state index in [1.54, 1.807) is 6.07 Å². The van der Waals surface area contributed by atoms with Gasteiger partial charge in [0, 0.05) is 5.56 Å². The maximum absolute atomic E-state index is 9.11. The van der Waals surface area contributed by atoms with Crippen LogP contribution < -0.4 is 0 Å². The molecule has 1 heterocycles. The van der Waals surface area contributed by atoms with Gasteiger partial charge >= 0.3 is 0 Å². The maximum Gasteiger partial charge on any atom is 0.204 e. The lowest BCUT2D eigenvalue weighted by Crippen LogP contribution is -2.05. The van der Waals surface area contributed by atoms with Gasteiger partial charge in [-0.3, -0.25) is 0 Å². The molecule has 108 valence electrons. The zero-order valence-corrected chi connectivity index (χ0v) is 12.3. The van der Waals surface area contributed by atoms with Crippen molar-refractivity contribution in [3.63, 3.8) is 0 Å². The largest absolute Gasteiger partial charge is 0.204 e. The number of nitrogens with zero attached hydrogens (tertiary/aromatic N) is 5. The van der Waals surface area contributed by atoms with Crippen LogP contribution in [0.4, 0.5) is 0 Å². The summed E-state index contributed by atoms with van der Waals surface area (Å²) in [6, 6.07) is 17.8. The second-order valence-corrected chi connectivity index (χ2v) is 4.96. The van der Waals surface area contributed by atoms with Crippen LogP contribution in [0.2, 0.25) is 0 Å². The van der Waals surface area contributed by atoms with Crippen molar-refractivity contribution in [3.8, 4) is 17.5 Å². The molecule has 5 heteroatoms. The Morgan fingerprint density at radius 1 is 1.09 bits per heavy atom. The van der Waals surface area contributed by atoms with E-state index < -0.39 is 0 Å². The van der Waals surface area contributed by atoms with E-state index in [-0.39, 0.29) is 0 Å². The quantitative estimate of drug-likeness (QED) is 0.740. The Kier molecular flexibility index (Phi) is 3.92. The third-order valence-electron chi connectivity index (χ3n) is 3.52. The number of tetrazole rings is 1. The summed E-state index contributed by atoms with van der Waals surface area (Å²) in [7, 11) is 0. The van der Waals surface area contributed by atoms with Gasteiger partial charge in [0.25, 0.3) is 0 Å². The van der Waals surface area contributed by atoms with Gasteiger partial charge in [0.2, 0.25) is 5.82 Å². The lowest BCUT2D eigenvalue weighted by atomic mass is 10.1. The van der Waals surface area contributed by atoms with Crippen molar-refractivity contribution in [1.29, 1.82) is 5.26 Å². The highest BCUT2D eigenvalue weighted by molar-refractivity contribution is 5.54. The van der Waals surface area contributed by atoms with Crippen molar-refractivity contribution in [2.24, 2.45) is 0 Å². The predicted octanol–water partition coefficient (Wildman–Crippen LogP) is 2.82. The van der Waals surface area contributed by atoms with Crippen LogP contribution in [0.3, 0.4) is 0 Å². The molecule has 3 rings (SSSR count). The van der Waals surface area contributed by atoms with Gasteiger partial charge in [-0.05, 0) is 28.8 Å². The first-order valence-corrected chi connectivity index (χ1v) is 7.15. The highest BCUT2D eigenvalue weighted by Gasteiger charge is 2.08. The van der Waals surface area contributed by atoms with Crippen LogP contribution in [0.1, 0.15) is 23.6 Å². The topological polar surface area (TPSA) is 67.4 Å². The fourth-order valence-electron chi connectivity index (χ4n) is 2.23. The average Bonchev–Trinajstić information content (AvgIpc) is 3.04. The van der Waals surface area contributed by atoms with Gasteiger partial charge in [0.05, 0.1) is 18.2 Å². The van der Waals surface area contributed by atoms with Crippen molar-refractivity contribution in [1.82, 2.24) is 20.2 Å². The molecule has 1 aromatic heterocycles. The first-order chi connectivity index (χ1) is 10.8. The molecule has 0 aliphatic rings. The van der Waals surface area contributed by atoms with E-state index in [1.165, 1.54) is 10.4 Å². The summed E-state index contributed by atoms with van der Waals surface area (Å²) < 4.78 is 0. The van der Waals surface area contributed by atoms with Crippen molar-refractivity contribution in [2.75, 3.05) is 0 Å². The van der Waals surface area contributed by atoms with Crippen molar-refractivity contribution >= 4 is 0 Å². The lowest BCUT2D eigenvalue weighted by Gasteiger charge is -2.01. The van der Waals surface area contributed by atoms with Crippen LogP contribution in [-0.2, 0) is 13.0 Å². The third-order valence-corrected chi connectivity index (χ3v) is 3.52. The van der Waals surface area contributed by atoms with Gasteiger partial charge in [0.1, 0.15) is 0 Å². The molecule has 0 unspecified atom stereocenters. The second kappa shape index (κ2) is 6.19. The van der Waals surface area contributed by atoms with E-state index in [0.29, 0.717) is 17.9 Å². The van der Waals surface area contributed by atoms with Gasteiger partial charge in [-0.2, -0.15) is 10.1 Å². The molecule has 0 fully saturated rings. The molecule has 2 aromatic carbocycles. The Hall–Kier alpha value is -3.00. The maximum atomic E-state index is 9.11. The number of aromatic nitrogens is 4. The second-order valence-electron chi connectivity index (χ2n) is 4.96. The van der Waals surface area contributed by atoms with E-state index in [0.717, 1.165) is 17.5 Å². The molecule has 0 aliphatic heterocycles. The van der Waals surface area contributed by atoms with E-state index in [9.17, 15) is 0 Å². The summed E-state index contributed by atoms with van der Waals surface area (Å²) in [6.07, 6.45) is 1.01. The number of aryl methyl sites for hydroxylation is 1. The van der Waals surface area contributed by atoms with Gasteiger partial charge < -0.3 is 0 Å². The van der Waals surface area contributed by atoms with Crippen LogP contribution in [0.25, 0.3) is 11.4 Å². The molecule has 0 atom stereocenters. The SMILES string of the molecule is CCc1ccc(-c2nnn(Cc3ccccc3C#N)n2)cc1. The third kappa shape index (κ3) is 2.86. The smallest absolute Gasteiger partial charge is 0.192 e. The minimum Gasteiger partial charge on any atom is -0.192 e. The van der Waals surface area contributed by atoms with E-state index in [2.05, 4.69) is 40.5 Å². The van der Waals surface area contributed by atoms with Crippen molar-refractivity contribution in [3.05, 3.63) is 65.2 Å². The first-order valence-electron chi connectivity index (χ1n) is 7.15. The monoisotopic (exact) mass is 289 g/mol. The number of hydrogen-bond donors (Lipinski definition) is 0. The van der Waals surface area contributed by atoms with Crippen LogP contribution in [0, 0.1) is 11.3 Å². The lowest BCUT2D eigenvalue weighted by molar-refractivity contribution is 0.572. The molecule has 0 saturated heterocycles. The molecule has 0 radical (unpaired) electrons. The highest BCUT2D eigenvalue weighted by atomic mass is 15.6. The summed E-state index contributed by atoms with van der Waals surface area (Å²) >= 11 is 0. The first kappa shape index (κ1) is 14.0. The molecule has 0 bridgehead atoms. The van der Waals surface area contributed by atoms with Gasteiger partial charge in [-0.25, -0.2) is 0 Å². The Morgan fingerprint density at radius 2 is 1.86 bits per heavy atom. The summed E-state index contributed by atoms with van der Waals surface area (Å²) in [6.45, 7) is 2.56. The number of hydrogen-bond acceptors (Lipinski definition) is 4. The summed E-state index contributed by atoms with van der Waals surface area (Å²) in [5.74, 6) is 0.595. The normalized spacial score (nSPS) is 10.4. The fourth-order valence-corrected chi connectivity index (χ4v) is 2.23. The van der Waals surface area contributed by atoms with Gasteiger partial charge in [0.15, 0.2) is 0 Å². The number of benzene rings is 2. The molecule has 0 spiro atoms. The standard InChI is InChI=1S/C17H15N5/c1-2-13-7-9-14(10-8-13)17-19-21-22(20-17)12-16-6-4-3-5-15(16)11-18/h3-10H,2,12H2,1H3. The van der Waals surface area contributed by atoms with Crippen LogP contribution in [-0.4, -0.2) is 20.2 Å². The molecule has 5 nitrogen and oxygen atoms in total. The van der Waals surface area contributed by atoms with Crippen molar-refractivity contribution in [2.45, 2.75) is 19.9 Å². The van der Waals surface area contributed by atoms with Crippen LogP contribution >= 0.6 is 0 Å². The van der Waals surface area contributed by atoms with E-state index in [1.807, 2.05) is 30.3 Å². The Morgan fingerprint density at radius 3 is 2.59 bits per heavy atom. The van der Waals surface area contributed by atoms with Crippen LogP contribution in [0.15, 0.2) is 48.5 Å². The van der Waals surface area contributed by atoms with Crippen molar-refractivity contribution < 1.29 is 0 Å². The zero-order chi connectivity index (χ0) is 15.4. The molecule has 0 N–H and O–H groups in total. The minimum atomic E-state index is 0.434. The molecule has 3 aromatic rings. The molecule has 0 aliphatic carbocycles. The average molecular weight is 289 g/mol. The highest BCUT2D eigenvalue weighted by Crippen LogP contribution is 2.15. The number of nitriles is 1. The Labute approximate surface area is 128 Å². The summed E-state index contributed by atoms with van der Waals surface area (Å²) in [5.41, 5.74) is 3.74. The summed E-state index contributed by atoms with van der Waals surface area (Å²) in [5, 5.41) is 21.7. The summed E-state index contributed by atoms with van der Waals surface area (Å²) in [4.78, 5) is 1.51. The van der Waals surface area contributed by atoms with E-state index >= 15 is 0 Å². The fraction of sp³-hybridized carbons (Fsp3) is 0.176. The zero-order valence-electron chi connectivity index (χ0n) is 12.3. The van der Waals surface area contributed by atoms with Gasteiger partial charge in [-0.1, -0.05) is 49.4 Å². The van der Waals surface area contributed by atoms with E-state index in [4.69, 9.17) is 5.26 Å². The van der Waals surface area contributed by atoms with Gasteiger partial charge in [-0.15, -0.1) is 10.2 Å². The molecule has 0 amide bonds. The Balaban J connectivity index is 1.83. The predicted molar refractivity (Wildman–Crippen MR) is 82.9 cm³/mol. The molecular formula is C17H15N5. The number of rotatable bonds is 4. The minimum absolute atomic E-state index is 0.434. The Bertz CT molecular complexity index is 812. The molecular weight excluding hydrogens is 274 g/mol.